The van der Waals surface area contributed by atoms with Gasteiger partial charge in [0.05, 0.1) is 5.76 Å². The van der Waals surface area contributed by atoms with Crippen LogP contribution in [0.25, 0.3) is 53.7 Å². The Morgan fingerprint density at radius 1 is 0.863 bits per heavy atom. The van der Waals surface area contributed by atoms with Gasteiger partial charge in [0.15, 0.2) is 5.78 Å². The van der Waals surface area contributed by atoms with Crippen molar-refractivity contribution in [1.29, 1.82) is 0 Å². The third kappa shape index (κ3) is 7.27. The van der Waals surface area contributed by atoms with Gasteiger partial charge in [0.25, 0.3) is 0 Å². The number of carbonyl (C=O) groups excluding carboxylic acids is 1. The molecule has 3 nitrogen and oxygen atoms in total. The summed E-state index contributed by atoms with van der Waals surface area (Å²) in [6.07, 6.45) is 6.86. The molecule has 1 aliphatic rings. The number of aliphatic hydroxyl groups excluding tert-OH is 1. The molecular formula is C46H48IrNO2S-. The summed E-state index contributed by atoms with van der Waals surface area (Å²) in [4.78, 5) is 17.9. The Morgan fingerprint density at radius 3 is 2.18 bits per heavy atom. The van der Waals surface area contributed by atoms with Crippen LogP contribution in [0.2, 0.25) is 0 Å². The van der Waals surface area contributed by atoms with E-state index in [1.165, 1.54) is 59.8 Å². The zero-order valence-corrected chi connectivity index (χ0v) is 34.0. The summed E-state index contributed by atoms with van der Waals surface area (Å²) in [6, 6.07) is 34.4. The molecular weight excluding hydrogens is 823 g/mol. The Bertz CT molecular complexity index is 2200. The number of hydrogen-bond acceptors (Lipinski definition) is 4. The van der Waals surface area contributed by atoms with Crippen molar-refractivity contribution in [3.63, 3.8) is 0 Å². The van der Waals surface area contributed by atoms with Gasteiger partial charge in [0.1, 0.15) is 0 Å². The van der Waals surface area contributed by atoms with Gasteiger partial charge in [0, 0.05) is 59.5 Å². The van der Waals surface area contributed by atoms with E-state index in [2.05, 4.69) is 112 Å². The number of carbonyl (C=O) groups is 1. The van der Waals surface area contributed by atoms with Crippen LogP contribution in [0.1, 0.15) is 83.9 Å². The molecule has 5 heteroatoms. The third-order valence-electron chi connectivity index (χ3n) is 10.7. The van der Waals surface area contributed by atoms with Crippen molar-refractivity contribution in [1.82, 2.24) is 4.98 Å². The quantitative estimate of drug-likeness (QED) is 0.0895. The molecule has 4 aromatic carbocycles. The van der Waals surface area contributed by atoms with Crippen molar-refractivity contribution < 1.29 is 30.0 Å². The molecule has 0 aliphatic heterocycles. The molecule has 0 unspecified atom stereocenters. The Morgan fingerprint density at radius 2 is 1.49 bits per heavy atom. The van der Waals surface area contributed by atoms with Gasteiger partial charge in [-0.05, 0) is 77.8 Å². The van der Waals surface area contributed by atoms with Crippen molar-refractivity contribution >= 4 is 38.0 Å². The second kappa shape index (κ2) is 16.2. The molecule has 7 rings (SSSR count). The van der Waals surface area contributed by atoms with Gasteiger partial charge < -0.3 is 5.11 Å². The van der Waals surface area contributed by atoms with Crippen molar-refractivity contribution in [2.45, 2.75) is 79.6 Å². The van der Waals surface area contributed by atoms with Gasteiger partial charge in [-0.3, -0.25) is 9.78 Å². The summed E-state index contributed by atoms with van der Waals surface area (Å²) < 4.78 is 1.33. The minimum Gasteiger partial charge on any atom is -0.512 e. The van der Waals surface area contributed by atoms with Gasteiger partial charge in [-0.15, -0.1) is 28.9 Å². The minimum atomic E-state index is -0.132. The average Bonchev–Trinajstić information content (AvgIpc) is 3.60. The van der Waals surface area contributed by atoms with Gasteiger partial charge in [-0.1, -0.05) is 130 Å². The fourth-order valence-corrected chi connectivity index (χ4v) is 8.89. The van der Waals surface area contributed by atoms with E-state index in [0.29, 0.717) is 0 Å². The van der Waals surface area contributed by atoms with Crippen LogP contribution in [-0.4, -0.2) is 15.9 Å². The second-order valence-corrected chi connectivity index (χ2v) is 15.0. The van der Waals surface area contributed by atoms with Gasteiger partial charge in [-0.2, -0.15) is 0 Å². The van der Waals surface area contributed by atoms with E-state index in [0.717, 1.165) is 42.3 Å². The van der Waals surface area contributed by atoms with Crippen LogP contribution >= 0.6 is 11.3 Å². The third-order valence-corrected chi connectivity index (χ3v) is 12.0. The Kier molecular flexibility index (Phi) is 12.2. The maximum atomic E-state index is 11.7. The van der Waals surface area contributed by atoms with Crippen LogP contribution in [0.5, 0.6) is 0 Å². The van der Waals surface area contributed by atoms with Gasteiger partial charge in [-0.25, -0.2) is 0 Å². The summed E-state index contributed by atoms with van der Waals surface area (Å²) in [5.41, 5.74) is 9.89. The number of thiophene rings is 1. The van der Waals surface area contributed by atoms with Crippen molar-refractivity contribution in [2.75, 3.05) is 0 Å². The first kappa shape index (κ1) is 38.3. The fraction of sp³-hybridized carbons (Fsp3) is 0.304. The average molecular weight is 871 g/mol. The number of fused-ring (bicyclic) bond motifs is 6. The van der Waals surface area contributed by atoms with Crippen LogP contribution in [0.15, 0.2) is 103 Å². The molecule has 0 amide bonds. The molecule has 1 aliphatic carbocycles. The second-order valence-electron chi connectivity index (χ2n) is 13.9. The molecule has 0 fully saturated rings. The number of aryl methyl sites for hydroxylation is 1. The van der Waals surface area contributed by atoms with Crippen LogP contribution in [0.4, 0.5) is 0 Å². The summed E-state index contributed by atoms with van der Waals surface area (Å²) in [6.45, 7) is 15.0. The SMILES string of the molecule is CCC(CC)C(=O)/C=C(\O)C(CC)CC.Cc1c(-c2ccnc(-c3[c-]c4ccccc4c4c3C(C)(C)c3ccccc3-4)c2)sc2ccccc12.[Ir]. The number of aliphatic hydroxyl groups is 1. The Balaban J connectivity index is 0.000000271. The largest absolute Gasteiger partial charge is 0.512 e. The maximum Gasteiger partial charge on any atom is 0.162 e. The van der Waals surface area contributed by atoms with Crippen LogP contribution in [-0.2, 0) is 30.3 Å². The first-order chi connectivity index (χ1) is 24.1. The maximum absolute atomic E-state index is 11.7. The molecule has 0 saturated heterocycles. The number of allylic oxidation sites excluding steroid dienone is 2. The van der Waals surface area contributed by atoms with Crippen LogP contribution < -0.4 is 0 Å². The number of rotatable bonds is 9. The molecule has 0 bridgehead atoms. The first-order valence-electron chi connectivity index (χ1n) is 18.1. The molecule has 0 atom stereocenters. The van der Waals surface area contributed by atoms with Crippen molar-refractivity contribution in [3.05, 3.63) is 126 Å². The Hall–Kier alpha value is -3.89. The van der Waals surface area contributed by atoms with E-state index in [4.69, 9.17) is 4.98 Å². The van der Waals surface area contributed by atoms with E-state index in [1.807, 2.05) is 45.2 Å². The van der Waals surface area contributed by atoms with Crippen LogP contribution in [0.3, 0.4) is 0 Å². The molecule has 1 N–H and O–H groups in total. The summed E-state index contributed by atoms with van der Waals surface area (Å²) in [7, 11) is 0. The van der Waals surface area contributed by atoms with E-state index in [9.17, 15) is 9.90 Å². The summed E-state index contributed by atoms with van der Waals surface area (Å²) in [5, 5.41) is 13.5. The van der Waals surface area contributed by atoms with Gasteiger partial charge >= 0.3 is 0 Å². The summed E-state index contributed by atoms with van der Waals surface area (Å²) in [5.74, 6) is 0.547. The number of hydrogen-bond donors (Lipinski definition) is 1. The molecule has 6 aromatic rings. The molecule has 51 heavy (non-hydrogen) atoms. The first-order valence-corrected chi connectivity index (χ1v) is 18.9. The number of ketones is 1. The minimum absolute atomic E-state index is 0. The van der Waals surface area contributed by atoms with E-state index in [-0.39, 0.29) is 48.9 Å². The topological polar surface area (TPSA) is 50.2 Å². The zero-order chi connectivity index (χ0) is 35.6. The van der Waals surface area contributed by atoms with E-state index < -0.39 is 0 Å². The number of benzene rings is 4. The predicted octanol–water partition coefficient (Wildman–Crippen LogP) is 13.1. The molecule has 0 spiro atoms. The normalized spacial score (nSPS) is 13.2. The standard InChI is InChI=1S/C33H24NS.C13H24O2.Ir/c1-20-23-11-7-9-15-29(23)35-32(20)22-16-17-34-28(19-22)26-18-21-10-4-5-12-24(21)30-25-13-6-8-14-27(25)33(2,3)31(26)30;1-5-10(6-2)12(14)9-13(15)11(7-3)8-4;/h4-17,19H,1-3H3;9-11,14H,5-8H2,1-4H3;/q-1;;/b;12-9-;. The monoisotopic (exact) mass is 871 g/mol. The summed E-state index contributed by atoms with van der Waals surface area (Å²) >= 11 is 1.86. The molecule has 265 valence electrons. The van der Waals surface area contributed by atoms with Crippen molar-refractivity contribution in [2.24, 2.45) is 11.8 Å². The zero-order valence-electron chi connectivity index (χ0n) is 30.8. The number of nitrogens with zero attached hydrogens (tertiary/aromatic N) is 1. The van der Waals surface area contributed by atoms with E-state index in [1.54, 1.807) is 0 Å². The van der Waals surface area contributed by atoms with Crippen molar-refractivity contribution in [3.8, 4) is 32.8 Å². The predicted molar refractivity (Wildman–Crippen MR) is 213 cm³/mol. The molecule has 1 radical (unpaired) electrons. The smallest absolute Gasteiger partial charge is 0.162 e. The number of pyridine rings is 1. The number of aromatic nitrogens is 1. The fourth-order valence-electron chi connectivity index (χ4n) is 7.68. The molecule has 2 aromatic heterocycles. The van der Waals surface area contributed by atoms with Gasteiger partial charge in [0.2, 0.25) is 0 Å². The Labute approximate surface area is 321 Å². The molecule has 2 heterocycles. The van der Waals surface area contributed by atoms with E-state index >= 15 is 0 Å². The molecule has 0 saturated carbocycles. The van der Waals surface area contributed by atoms with Crippen LogP contribution in [0, 0.1) is 24.8 Å².